The van der Waals surface area contributed by atoms with Crippen LogP contribution in [0.3, 0.4) is 0 Å². The summed E-state index contributed by atoms with van der Waals surface area (Å²) in [5, 5.41) is 2.80. The van der Waals surface area contributed by atoms with Crippen molar-refractivity contribution in [2.24, 2.45) is 0 Å². The number of hydrogen-bond acceptors (Lipinski definition) is 4. The summed E-state index contributed by atoms with van der Waals surface area (Å²) < 4.78 is 15.8. The van der Waals surface area contributed by atoms with E-state index >= 15 is 0 Å². The SMILES string of the molecule is COc1ccc(CNC(=O)COc2ccccc2)cc1OC. The van der Waals surface area contributed by atoms with Gasteiger partial charge in [-0.15, -0.1) is 0 Å². The molecule has 0 saturated carbocycles. The average Bonchev–Trinajstić information content (AvgIpc) is 2.58. The van der Waals surface area contributed by atoms with Gasteiger partial charge < -0.3 is 19.5 Å². The molecule has 0 aliphatic rings. The standard InChI is InChI=1S/C17H19NO4/c1-20-15-9-8-13(10-16(15)21-2)11-18-17(19)12-22-14-6-4-3-5-7-14/h3-10H,11-12H2,1-2H3,(H,18,19). The first-order valence-electron chi connectivity index (χ1n) is 6.88. The Morgan fingerprint density at radius 2 is 1.73 bits per heavy atom. The van der Waals surface area contributed by atoms with Crippen molar-refractivity contribution in [3.8, 4) is 17.2 Å². The Morgan fingerprint density at radius 1 is 1.00 bits per heavy atom. The first-order valence-corrected chi connectivity index (χ1v) is 6.88. The molecule has 5 heteroatoms. The van der Waals surface area contributed by atoms with Crippen LogP contribution >= 0.6 is 0 Å². The minimum absolute atomic E-state index is 0.0166. The molecule has 0 saturated heterocycles. The number of amides is 1. The Kier molecular flexibility index (Phi) is 5.65. The monoisotopic (exact) mass is 301 g/mol. The van der Waals surface area contributed by atoms with Crippen LogP contribution in [-0.4, -0.2) is 26.7 Å². The minimum atomic E-state index is -0.182. The molecule has 0 aliphatic carbocycles. The van der Waals surface area contributed by atoms with Gasteiger partial charge in [-0.05, 0) is 29.8 Å². The normalized spacial score (nSPS) is 9.91. The summed E-state index contributed by atoms with van der Waals surface area (Å²) in [5.41, 5.74) is 0.922. The van der Waals surface area contributed by atoms with Gasteiger partial charge in [0.15, 0.2) is 18.1 Å². The van der Waals surface area contributed by atoms with Crippen molar-refractivity contribution in [2.75, 3.05) is 20.8 Å². The minimum Gasteiger partial charge on any atom is -0.493 e. The summed E-state index contributed by atoms with van der Waals surface area (Å²) in [7, 11) is 3.16. The second kappa shape index (κ2) is 7.93. The summed E-state index contributed by atoms with van der Waals surface area (Å²) in [6, 6.07) is 14.7. The lowest BCUT2D eigenvalue weighted by atomic mass is 10.2. The number of ether oxygens (including phenoxy) is 3. The summed E-state index contributed by atoms with van der Waals surface area (Å²) in [6.07, 6.45) is 0. The molecule has 0 unspecified atom stereocenters. The van der Waals surface area contributed by atoms with Crippen molar-refractivity contribution in [1.82, 2.24) is 5.32 Å². The number of methoxy groups -OCH3 is 2. The quantitative estimate of drug-likeness (QED) is 0.853. The highest BCUT2D eigenvalue weighted by Crippen LogP contribution is 2.27. The molecule has 0 heterocycles. The van der Waals surface area contributed by atoms with E-state index in [2.05, 4.69) is 5.32 Å². The fraction of sp³-hybridized carbons (Fsp3) is 0.235. The van der Waals surface area contributed by atoms with Crippen molar-refractivity contribution in [3.05, 3.63) is 54.1 Å². The van der Waals surface area contributed by atoms with E-state index in [1.807, 2.05) is 42.5 Å². The van der Waals surface area contributed by atoms with Gasteiger partial charge in [0.05, 0.1) is 14.2 Å². The molecule has 1 amide bonds. The average molecular weight is 301 g/mol. The predicted octanol–water partition coefficient (Wildman–Crippen LogP) is 2.40. The zero-order valence-corrected chi connectivity index (χ0v) is 12.7. The smallest absolute Gasteiger partial charge is 0.258 e. The Morgan fingerprint density at radius 3 is 2.41 bits per heavy atom. The molecule has 0 aliphatic heterocycles. The maximum absolute atomic E-state index is 11.8. The van der Waals surface area contributed by atoms with Crippen molar-refractivity contribution in [2.45, 2.75) is 6.54 Å². The Balaban J connectivity index is 1.83. The van der Waals surface area contributed by atoms with E-state index in [1.165, 1.54) is 0 Å². The van der Waals surface area contributed by atoms with Crippen LogP contribution in [0.15, 0.2) is 48.5 Å². The van der Waals surface area contributed by atoms with Crippen LogP contribution in [0.5, 0.6) is 17.2 Å². The third-order valence-corrected chi connectivity index (χ3v) is 3.05. The number of rotatable bonds is 7. The number of hydrogen-bond donors (Lipinski definition) is 1. The molecule has 5 nitrogen and oxygen atoms in total. The molecule has 0 aromatic heterocycles. The highest BCUT2D eigenvalue weighted by Gasteiger charge is 2.06. The Bertz CT molecular complexity index is 613. The molecule has 0 radical (unpaired) electrons. The van der Waals surface area contributed by atoms with Gasteiger partial charge in [0, 0.05) is 6.54 Å². The molecule has 0 fully saturated rings. The lowest BCUT2D eigenvalue weighted by Gasteiger charge is -2.11. The van der Waals surface area contributed by atoms with Gasteiger partial charge in [-0.2, -0.15) is 0 Å². The molecule has 2 aromatic carbocycles. The van der Waals surface area contributed by atoms with Crippen LogP contribution in [0.25, 0.3) is 0 Å². The number of nitrogens with one attached hydrogen (secondary N) is 1. The lowest BCUT2D eigenvalue weighted by molar-refractivity contribution is -0.123. The van der Waals surface area contributed by atoms with E-state index in [9.17, 15) is 4.79 Å². The Labute approximate surface area is 129 Å². The zero-order chi connectivity index (χ0) is 15.8. The maximum atomic E-state index is 11.8. The van der Waals surface area contributed by atoms with Gasteiger partial charge in [-0.1, -0.05) is 24.3 Å². The van der Waals surface area contributed by atoms with E-state index in [-0.39, 0.29) is 12.5 Å². The van der Waals surface area contributed by atoms with E-state index in [0.717, 1.165) is 5.56 Å². The van der Waals surface area contributed by atoms with Crippen LogP contribution in [-0.2, 0) is 11.3 Å². The number of carbonyl (C=O) groups excluding carboxylic acids is 1. The van der Waals surface area contributed by atoms with Gasteiger partial charge in [-0.25, -0.2) is 0 Å². The second-order valence-electron chi connectivity index (χ2n) is 4.57. The van der Waals surface area contributed by atoms with Crippen LogP contribution in [0.2, 0.25) is 0 Å². The van der Waals surface area contributed by atoms with Gasteiger partial charge in [0.25, 0.3) is 5.91 Å². The molecule has 0 atom stereocenters. The molecule has 2 rings (SSSR count). The summed E-state index contributed by atoms with van der Waals surface area (Å²) in [4.78, 5) is 11.8. The Hall–Kier alpha value is -2.69. The predicted molar refractivity (Wildman–Crippen MR) is 83.3 cm³/mol. The summed E-state index contributed by atoms with van der Waals surface area (Å²) >= 11 is 0. The number of benzene rings is 2. The van der Waals surface area contributed by atoms with Gasteiger partial charge >= 0.3 is 0 Å². The largest absolute Gasteiger partial charge is 0.493 e. The number of para-hydroxylation sites is 1. The van der Waals surface area contributed by atoms with Crippen LogP contribution in [0.1, 0.15) is 5.56 Å². The molecule has 116 valence electrons. The molecule has 1 N–H and O–H groups in total. The first-order chi connectivity index (χ1) is 10.7. The molecular formula is C17H19NO4. The van der Waals surface area contributed by atoms with Gasteiger partial charge in [0.1, 0.15) is 5.75 Å². The van der Waals surface area contributed by atoms with Crippen molar-refractivity contribution in [3.63, 3.8) is 0 Å². The van der Waals surface area contributed by atoms with E-state index in [0.29, 0.717) is 23.8 Å². The maximum Gasteiger partial charge on any atom is 0.258 e. The topological polar surface area (TPSA) is 56.8 Å². The molecular weight excluding hydrogens is 282 g/mol. The fourth-order valence-electron chi connectivity index (χ4n) is 1.91. The summed E-state index contributed by atoms with van der Waals surface area (Å²) in [6.45, 7) is 0.384. The van der Waals surface area contributed by atoms with E-state index < -0.39 is 0 Å². The number of carbonyl (C=O) groups is 1. The zero-order valence-electron chi connectivity index (χ0n) is 12.7. The molecule has 0 spiro atoms. The summed E-state index contributed by atoms with van der Waals surface area (Å²) in [5.74, 6) is 1.78. The third kappa shape index (κ3) is 4.41. The van der Waals surface area contributed by atoms with Crippen LogP contribution < -0.4 is 19.5 Å². The molecule has 0 bridgehead atoms. The van der Waals surface area contributed by atoms with Crippen LogP contribution in [0.4, 0.5) is 0 Å². The van der Waals surface area contributed by atoms with Gasteiger partial charge in [0.2, 0.25) is 0 Å². The van der Waals surface area contributed by atoms with Crippen LogP contribution in [0, 0.1) is 0 Å². The highest BCUT2D eigenvalue weighted by atomic mass is 16.5. The lowest BCUT2D eigenvalue weighted by Crippen LogP contribution is -2.28. The highest BCUT2D eigenvalue weighted by molar-refractivity contribution is 5.77. The second-order valence-corrected chi connectivity index (χ2v) is 4.57. The van der Waals surface area contributed by atoms with Crippen molar-refractivity contribution < 1.29 is 19.0 Å². The third-order valence-electron chi connectivity index (χ3n) is 3.05. The first kappa shape index (κ1) is 15.7. The van der Waals surface area contributed by atoms with Crippen molar-refractivity contribution in [1.29, 1.82) is 0 Å². The van der Waals surface area contributed by atoms with Gasteiger partial charge in [-0.3, -0.25) is 4.79 Å². The molecule has 22 heavy (non-hydrogen) atoms. The van der Waals surface area contributed by atoms with E-state index in [4.69, 9.17) is 14.2 Å². The van der Waals surface area contributed by atoms with Crippen molar-refractivity contribution >= 4 is 5.91 Å². The fourth-order valence-corrected chi connectivity index (χ4v) is 1.91. The molecule has 2 aromatic rings. The van der Waals surface area contributed by atoms with E-state index in [1.54, 1.807) is 20.3 Å².